The van der Waals surface area contributed by atoms with Crippen molar-refractivity contribution in [2.24, 2.45) is 0 Å². The van der Waals surface area contributed by atoms with Gasteiger partial charge in [0.1, 0.15) is 23.1 Å². The van der Waals surface area contributed by atoms with Gasteiger partial charge in [-0.15, -0.1) is 24.4 Å². The number of anilines is 2. The van der Waals surface area contributed by atoms with Gasteiger partial charge in [-0.25, -0.2) is 9.97 Å². The van der Waals surface area contributed by atoms with Crippen LogP contribution in [0.15, 0.2) is 82.8 Å². The highest BCUT2D eigenvalue weighted by molar-refractivity contribution is 9.09. The van der Waals surface area contributed by atoms with Crippen LogP contribution in [0.3, 0.4) is 0 Å². The van der Waals surface area contributed by atoms with E-state index in [1.165, 1.54) is 23.3 Å². The molecular weight excluding hydrogens is 851 g/mol. The number of benzene rings is 2. The molecule has 0 bridgehead atoms. The highest BCUT2D eigenvalue weighted by atomic mass is 79.9. The predicted molar refractivity (Wildman–Crippen MR) is 225 cm³/mol. The molecule has 0 atom stereocenters. The standard InChI is InChI=1S/C21H25F3N2OS.C11H12BrF3N2.C10H14OS/c1-3-12-27-18-13-15(2)4-6-19(18)28-17-8-10-26(11-9-17)20-7-5-16(14-25-20)21(22,23)24;12-9-3-5-17(6-4-9)10-2-1-8(7-16-10)11(13,14)15;1-3-6-11-9-7-8(2)4-5-10(9)12/h4-7,13-14,17H,3,8-12H2,1-2H3;1-2,7,9H,3-6H2;4-5,7,12H,3,6H2,1-2H3. The summed E-state index contributed by atoms with van der Waals surface area (Å²) in [4.78, 5) is 14.5. The lowest BCUT2D eigenvalue weighted by Crippen LogP contribution is -2.35. The molecule has 15 heteroatoms. The lowest BCUT2D eigenvalue weighted by molar-refractivity contribution is -0.138. The van der Waals surface area contributed by atoms with Gasteiger partial charge < -0.3 is 19.3 Å². The maximum Gasteiger partial charge on any atom is 0.417 e. The number of aromatic nitrogens is 2. The Bertz CT molecular complexity index is 1800. The van der Waals surface area contributed by atoms with E-state index in [1.54, 1.807) is 0 Å². The van der Waals surface area contributed by atoms with Crippen LogP contribution in [0.1, 0.15) is 74.6 Å². The van der Waals surface area contributed by atoms with Crippen molar-refractivity contribution in [3.8, 4) is 11.5 Å². The Morgan fingerprint density at radius 1 is 0.684 bits per heavy atom. The molecule has 0 saturated carbocycles. The molecule has 2 aliphatic rings. The number of halogens is 7. The summed E-state index contributed by atoms with van der Waals surface area (Å²) in [5.74, 6) is 3.06. The van der Waals surface area contributed by atoms with Crippen molar-refractivity contribution in [3.05, 3.63) is 95.3 Å². The van der Waals surface area contributed by atoms with E-state index < -0.39 is 23.5 Å². The molecule has 6 rings (SSSR count). The Morgan fingerprint density at radius 2 is 1.14 bits per heavy atom. The summed E-state index contributed by atoms with van der Waals surface area (Å²) in [6.07, 6.45) is -0.962. The lowest BCUT2D eigenvalue weighted by Gasteiger charge is -2.32. The Hall–Kier alpha value is -3.30. The van der Waals surface area contributed by atoms with Gasteiger partial charge in [0.15, 0.2) is 0 Å². The molecule has 0 spiro atoms. The number of ether oxygens (including phenoxy) is 2. The summed E-state index contributed by atoms with van der Waals surface area (Å²) in [5, 5.41) is 0.456. The molecule has 0 N–H and O–H groups in total. The van der Waals surface area contributed by atoms with Gasteiger partial charge in [0, 0.05) is 58.4 Å². The second-order valence-corrected chi connectivity index (χ2v) is 17.0. The summed E-state index contributed by atoms with van der Waals surface area (Å²) < 4.78 is 86.5. The van der Waals surface area contributed by atoms with E-state index in [0.29, 0.717) is 28.3 Å². The average Bonchev–Trinajstić information content (AvgIpc) is 3.19. The molecule has 2 aliphatic heterocycles. The normalized spacial score (nSPS) is 15.3. The fraction of sp³-hybridized carbons (Fsp3) is 0.476. The zero-order chi connectivity index (χ0) is 41.6. The van der Waals surface area contributed by atoms with E-state index in [4.69, 9.17) is 9.47 Å². The number of rotatable bonds is 10. The van der Waals surface area contributed by atoms with Crippen LogP contribution in [-0.4, -0.2) is 59.4 Å². The number of alkyl halides is 7. The fourth-order valence-corrected chi connectivity index (χ4v) is 7.73. The highest BCUT2D eigenvalue weighted by Crippen LogP contribution is 2.38. The fourth-order valence-electron chi connectivity index (χ4n) is 5.93. The molecular formula is C42H51BrF6N4O2S2. The van der Waals surface area contributed by atoms with Crippen LogP contribution in [0.4, 0.5) is 38.0 Å². The molecule has 4 aromatic rings. The average molecular weight is 902 g/mol. The van der Waals surface area contributed by atoms with Crippen molar-refractivity contribution in [1.29, 1.82) is 0 Å². The van der Waals surface area contributed by atoms with Gasteiger partial charge >= 0.3 is 12.4 Å². The summed E-state index contributed by atoms with van der Waals surface area (Å²) in [7, 11) is 0. The smallest absolute Gasteiger partial charge is 0.417 e. The van der Waals surface area contributed by atoms with Crippen LogP contribution in [0.5, 0.6) is 11.5 Å². The van der Waals surface area contributed by atoms with Crippen LogP contribution >= 0.6 is 40.3 Å². The second-order valence-electron chi connectivity index (χ2n) is 13.9. The van der Waals surface area contributed by atoms with Crippen molar-refractivity contribution in [2.45, 2.75) is 98.4 Å². The summed E-state index contributed by atoms with van der Waals surface area (Å²) >= 11 is 9.66. The topological polar surface area (TPSA) is 50.7 Å². The molecule has 2 aromatic carbocycles. The Balaban J connectivity index is 0.000000210. The molecule has 0 aliphatic carbocycles. The van der Waals surface area contributed by atoms with E-state index in [9.17, 15) is 26.3 Å². The summed E-state index contributed by atoms with van der Waals surface area (Å²) in [5.41, 5.74) is 0.981. The third-order valence-electron chi connectivity index (χ3n) is 9.10. The maximum atomic E-state index is 12.7. The van der Waals surface area contributed by atoms with Gasteiger partial charge in [-0.05, 0) is 112 Å². The third-order valence-corrected chi connectivity index (χ3v) is 11.8. The SMILES string of the molecule is CCCOc1cc(C)ccc1S.CCCOc1cc(C)ccc1SC1CCN(c2ccc(C(F)(F)F)cn2)CC1.FC(F)(F)c1ccc(N2CCC(Br)CC2)nc1. The minimum Gasteiger partial charge on any atom is -0.492 e. The van der Waals surface area contributed by atoms with Crippen LogP contribution in [0.2, 0.25) is 0 Å². The molecule has 0 unspecified atom stereocenters. The van der Waals surface area contributed by atoms with Gasteiger partial charge in [-0.2, -0.15) is 26.3 Å². The van der Waals surface area contributed by atoms with Gasteiger partial charge in [0.25, 0.3) is 0 Å². The molecule has 57 heavy (non-hydrogen) atoms. The minimum atomic E-state index is -4.35. The molecule has 4 heterocycles. The number of hydrogen-bond donors (Lipinski definition) is 1. The van der Waals surface area contributed by atoms with Gasteiger partial charge in [0.05, 0.1) is 24.3 Å². The zero-order valence-electron chi connectivity index (χ0n) is 32.7. The molecule has 2 aromatic heterocycles. The molecule has 2 saturated heterocycles. The highest BCUT2D eigenvalue weighted by Gasteiger charge is 2.32. The number of nitrogens with zero attached hydrogens (tertiary/aromatic N) is 4. The largest absolute Gasteiger partial charge is 0.492 e. The number of thioether (sulfide) groups is 1. The van der Waals surface area contributed by atoms with Crippen LogP contribution < -0.4 is 19.3 Å². The number of aryl methyl sites for hydroxylation is 2. The number of pyridine rings is 2. The maximum absolute atomic E-state index is 12.7. The lowest BCUT2D eigenvalue weighted by atomic mass is 10.1. The minimum absolute atomic E-state index is 0.456. The zero-order valence-corrected chi connectivity index (χ0v) is 36.0. The monoisotopic (exact) mass is 900 g/mol. The first-order valence-electron chi connectivity index (χ1n) is 19.1. The second kappa shape index (κ2) is 22.2. The molecule has 312 valence electrons. The molecule has 0 amide bonds. The van der Waals surface area contributed by atoms with Gasteiger partial charge in [-0.1, -0.05) is 41.9 Å². The third kappa shape index (κ3) is 15.1. The Morgan fingerprint density at radius 3 is 1.60 bits per heavy atom. The van der Waals surface area contributed by atoms with Gasteiger partial charge in [0.2, 0.25) is 0 Å². The van der Waals surface area contributed by atoms with Crippen LogP contribution in [0, 0.1) is 13.8 Å². The van der Waals surface area contributed by atoms with Crippen molar-refractivity contribution in [1.82, 2.24) is 9.97 Å². The van der Waals surface area contributed by atoms with E-state index >= 15 is 0 Å². The van der Waals surface area contributed by atoms with E-state index in [2.05, 4.69) is 82.4 Å². The van der Waals surface area contributed by atoms with E-state index in [-0.39, 0.29) is 0 Å². The van der Waals surface area contributed by atoms with E-state index in [0.717, 1.165) is 117 Å². The first-order valence-corrected chi connectivity index (χ1v) is 21.3. The van der Waals surface area contributed by atoms with Crippen molar-refractivity contribution in [2.75, 3.05) is 49.2 Å². The Kier molecular flexibility index (Phi) is 18.0. The van der Waals surface area contributed by atoms with Crippen molar-refractivity contribution < 1.29 is 35.8 Å². The predicted octanol–water partition coefficient (Wildman–Crippen LogP) is 12.5. The van der Waals surface area contributed by atoms with Crippen molar-refractivity contribution in [3.63, 3.8) is 0 Å². The van der Waals surface area contributed by atoms with Crippen LogP contribution in [0.25, 0.3) is 0 Å². The number of hydrogen-bond acceptors (Lipinski definition) is 8. The van der Waals surface area contributed by atoms with Crippen molar-refractivity contribution >= 4 is 52.0 Å². The molecule has 0 radical (unpaired) electrons. The first kappa shape index (κ1) is 46.4. The number of thiol groups is 1. The molecule has 2 fully saturated rings. The quantitative estimate of drug-likeness (QED) is 0.0966. The molecule has 6 nitrogen and oxygen atoms in total. The Labute approximate surface area is 350 Å². The summed E-state index contributed by atoms with van der Waals surface area (Å²) in [6.45, 7) is 13.0. The summed E-state index contributed by atoms with van der Waals surface area (Å²) in [6, 6.07) is 17.4. The van der Waals surface area contributed by atoms with E-state index in [1.807, 2.05) is 41.8 Å². The van der Waals surface area contributed by atoms with Gasteiger partial charge in [-0.3, -0.25) is 0 Å². The number of piperidine rings is 2. The first-order chi connectivity index (χ1) is 27.1. The van der Waals surface area contributed by atoms with Crippen LogP contribution in [-0.2, 0) is 12.4 Å².